The van der Waals surface area contributed by atoms with Crippen LogP contribution in [0.1, 0.15) is 89.0 Å². The first-order valence-electron chi connectivity index (χ1n) is 13.5. The zero-order valence-electron chi connectivity index (χ0n) is 22.6. The van der Waals surface area contributed by atoms with Crippen molar-refractivity contribution in [2.24, 2.45) is 0 Å². The summed E-state index contributed by atoms with van der Waals surface area (Å²) >= 11 is 6.49. The van der Waals surface area contributed by atoms with Crippen LogP contribution in [0.3, 0.4) is 0 Å². The van der Waals surface area contributed by atoms with E-state index in [9.17, 15) is 10.2 Å². The van der Waals surface area contributed by atoms with Gasteiger partial charge in [-0.05, 0) is 67.0 Å². The van der Waals surface area contributed by atoms with E-state index >= 15 is 0 Å². The highest BCUT2D eigenvalue weighted by atomic mass is 35.5. The second kappa shape index (κ2) is 16.3. The third-order valence-corrected chi connectivity index (χ3v) is 6.97. The maximum Gasteiger partial charge on any atom is 0.119 e. The smallest absolute Gasteiger partial charge is 0.119 e. The first kappa shape index (κ1) is 30.6. The maximum atomic E-state index is 10.1. The van der Waals surface area contributed by atoms with Crippen LogP contribution in [0.4, 0.5) is 0 Å². The Labute approximate surface area is 222 Å². The third-order valence-electron chi connectivity index (χ3n) is 6.60. The van der Waals surface area contributed by atoms with Crippen molar-refractivity contribution in [1.29, 1.82) is 0 Å². The first-order chi connectivity index (χ1) is 17.5. The highest BCUT2D eigenvalue weighted by Crippen LogP contribution is 2.34. The quantitative estimate of drug-likeness (QED) is 0.416. The molecule has 36 heavy (non-hydrogen) atoms. The van der Waals surface area contributed by atoms with E-state index in [0.717, 1.165) is 48.1 Å². The molecule has 6 heteroatoms. The molecule has 202 valence electrons. The van der Waals surface area contributed by atoms with Crippen LogP contribution in [0.15, 0.2) is 42.5 Å². The van der Waals surface area contributed by atoms with Crippen molar-refractivity contribution in [3.8, 4) is 5.75 Å². The van der Waals surface area contributed by atoms with Gasteiger partial charge in [0.2, 0.25) is 0 Å². The van der Waals surface area contributed by atoms with E-state index in [4.69, 9.17) is 25.8 Å². The molecule has 1 aliphatic heterocycles. The van der Waals surface area contributed by atoms with Gasteiger partial charge in [0.15, 0.2) is 0 Å². The average Bonchev–Trinajstić information content (AvgIpc) is 2.93. The molecule has 1 saturated carbocycles. The Hall–Kier alpha value is -1.63. The van der Waals surface area contributed by atoms with E-state index in [1.54, 1.807) is 7.11 Å². The molecule has 3 atom stereocenters. The van der Waals surface area contributed by atoms with Gasteiger partial charge >= 0.3 is 0 Å². The van der Waals surface area contributed by atoms with Crippen molar-refractivity contribution in [1.82, 2.24) is 0 Å². The molecular formula is C30H45ClO5. The molecule has 0 spiro atoms. The average molecular weight is 521 g/mol. The van der Waals surface area contributed by atoms with Gasteiger partial charge in [0.25, 0.3) is 0 Å². The topological polar surface area (TPSA) is 68.2 Å². The van der Waals surface area contributed by atoms with E-state index in [-0.39, 0.29) is 24.9 Å². The SMILES string of the molecule is CC.CC.COC1CCC(Oc2ccc(Cc3cc([C@H]4CC(O)C[C@@H](CO)O4)ccc3Cl)cc2)CC1. The van der Waals surface area contributed by atoms with Gasteiger partial charge in [-0.3, -0.25) is 0 Å². The summed E-state index contributed by atoms with van der Waals surface area (Å²) in [5.41, 5.74) is 3.14. The Morgan fingerprint density at radius 3 is 2.17 bits per heavy atom. The van der Waals surface area contributed by atoms with Gasteiger partial charge in [-0.25, -0.2) is 0 Å². The molecule has 2 aromatic carbocycles. The molecule has 4 rings (SSSR count). The van der Waals surface area contributed by atoms with E-state index in [2.05, 4.69) is 18.2 Å². The minimum absolute atomic E-state index is 0.0871. The van der Waals surface area contributed by atoms with Crippen molar-refractivity contribution in [3.05, 3.63) is 64.2 Å². The van der Waals surface area contributed by atoms with E-state index < -0.39 is 6.10 Å². The molecular weight excluding hydrogens is 476 g/mol. The Morgan fingerprint density at radius 1 is 0.917 bits per heavy atom. The molecule has 0 aromatic heterocycles. The second-order valence-electron chi connectivity index (χ2n) is 8.98. The summed E-state index contributed by atoms with van der Waals surface area (Å²) in [4.78, 5) is 0. The highest BCUT2D eigenvalue weighted by molar-refractivity contribution is 6.31. The van der Waals surface area contributed by atoms with Crippen LogP contribution >= 0.6 is 11.6 Å². The number of hydrogen-bond acceptors (Lipinski definition) is 5. The van der Waals surface area contributed by atoms with Crippen molar-refractivity contribution in [2.75, 3.05) is 13.7 Å². The Kier molecular flexibility index (Phi) is 13.8. The number of hydrogen-bond donors (Lipinski definition) is 2. The summed E-state index contributed by atoms with van der Waals surface area (Å²) in [5.74, 6) is 0.897. The second-order valence-corrected chi connectivity index (χ2v) is 9.39. The largest absolute Gasteiger partial charge is 0.490 e. The third kappa shape index (κ3) is 9.04. The molecule has 5 nitrogen and oxygen atoms in total. The highest BCUT2D eigenvalue weighted by Gasteiger charge is 2.29. The summed E-state index contributed by atoms with van der Waals surface area (Å²) in [6.45, 7) is 7.91. The fourth-order valence-electron chi connectivity index (χ4n) is 4.74. The predicted octanol–water partition coefficient (Wildman–Crippen LogP) is 6.89. The van der Waals surface area contributed by atoms with Gasteiger partial charge in [0.05, 0.1) is 37.1 Å². The molecule has 1 saturated heterocycles. The number of rotatable bonds is 7. The minimum atomic E-state index is -0.470. The van der Waals surface area contributed by atoms with Crippen molar-refractivity contribution < 1.29 is 24.4 Å². The predicted molar refractivity (Wildman–Crippen MR) is 147 cm³/mol. The lowest BCUT2D eigenvalue weighted by Crippen LogP contribution is -2.33. The summed E-state index contributed by atoms with van der Waals surface area (Å²) in [6.07, 6.45) is 5.43. The van der Waals surface area contributed by atoms with Crippen LogP contribution in [-0.4, -0.2) is 48.3 Å². The number of aliphatic hydroxyl groups excluding tert-OH is 2. The maximum absolute atomic E-state index is 10.1. The van der Waals surface area contributed by atoms with Crippen molar-refractivity contribution >= 4 is 11.6 Å². The molecule has 1 heterocycles. The normalized spacial score (nSPS) is 25.6. The number of ether oxygens (including phenoxy) is 3. The zero-order valence-corrected chi connectivity index (χ0v) is 23.3. The van der Waals surface area contributed by atoms with Crippen LogP contribution in [-0.2, 0) is 15.9 Å². The number of aliphatic hydroxyl groups is 2. The summed E-state index contributed by atoms with van der Waals surface area (Å²) in [5, 5.41) is 20.3. The molecule has 1 unspecified atom stereocenters. The van der Waals surface area contributed by atoms with Crippen molar-refractivity contribution in [3.63, 3.8) is 0 Å². The fourth-order valence-corrected chi connectivity index (χ4v) is 4.92. The molecule has 2 aromatic rings. The standard InChI is InChI=1S/C26H33ClO5.2C2H6/c1-30-21-7-9-23(10-8-21)31-22-5-2-17(3-6-22)12-19-13-18(4-11-25(19)27)26-15-20(29)14-24(16-28)32-26;2*1-2/h2-6,11,13,20-21,23-24,26,28-29H,7-10,12,14-16H2,1H3;2*1-2H3/t20?,21?,23?,24-,26+;;/m0../s1. The van der Waals surface area contributed by atoms with E-state index in [1.165, 1.54) is 0 Å². The Bertz CT molecular complexity index is 864. The van der Waals surface area contributed by atoms with E-state index in [0.29, 0.717) is 30.4 Å². The summed E-state index contributed by atoms with van der Waals surface area (Å²) in [7, 11) is 1.78. The summed E-state index contributed by atoms with van der Waals surface area (Å²) in [6, 6.07) is 14.1. The van der Waals surface area contributed by atoms with E-state index in [1.807, 2.05) is 52.0 Å². The molecule has 2 fully saturated rings. The molecule has 2 aliphatic rings. The Morgan fingerprint density at radius 2 is 1.56 bits per heavy atom. The van der Waals surface area contributed by atoms with Crippen molar-refractivity contribution in [2.45, 2.75) is 103 Å². The van der Waals surface area contributed by atoms with Gasteiger partial charge in [-0.2, -0.15) is 0 Å². The number of halogens is 1. The lowest BCUT2D eigenvalue weighted by atomic mass is 9.94. The van der Waals surface area contributed by atoms with Crippen LogP contribution in [0, 0.1) is 0 Å². The monoisotopic (exact) mass is 520 g/mol. The fraction of sp³-hybridized carbons (Fsp3) is 0.600. The molecule has 0 radical (unpaired) electrons. The van der Waals surface area contributed by atoms with Crippen LogP contribution in [0.5, 0.6) is 5.75 Å². The number of benzene rings is 2. The van der Waals surface area contributed by atoms with Gasteiger partial charge in [-0.1, -0.05) is 63.6 Å². The molecule has 1 aliphatic carbocycles. The number of methoxy groups -OCH3 is 1. The molecule has 2 N–H and O–H groups in total. The summed E-state index contributed by atoms with van der Waals surface area (Å²) < 4.78 is 17.6. The molecule has 0 bridgehead atoms. The zero-order chi connectivity index (χ0) is 26.5. The lowest BCUT2D eigenvalue weighted by molar-refractivity contribution is -0.113. The van der Waals surface area contributed by atoms with Crippen LogP contribution in [0.25, 0.3) is 0 Å². The van der Waals surface area contributed by atoms with Gasteiger partial charge < -0.3 is 24.4 Å². The minimum Gasteiger partial charge on any atom is -0.490 e. The van der Waals surface area contributed by atoms with Crippen LogP contribution in [0.2, 0.25) is 5.02 Å². The molecule has 0 amide bonds. The lowest BCUT2D eigenvalue weighted by Gasteiger charge is -2.32. The van der Waals surface area contributed by atoms with Gasteiger partial charge in [0, 0.05) is 25.0 Å². The van der Waals surface area contributed by atoms with Crippen LogP contribution < -0.4 is 4.74 Å². The van der Waals surface area contributed by atoms with Gasteiger partial charge in [0.1, 0.15) is 5.75 Å². The first-order valence-corrected chi connectivity index (χ1v) is 13.9. The Balaban J connectivity index is 0.00000109. The van der Waals surface area contributed by atoms with Gasteiger partial charge in [-0.15, -0.1) is 0 Å².